The molecule has 0 radical (unpaired) electrons. The van der Waals surface area contributed by atoms with Crippen molar-refractivity contribution in [3.63, 3.8) is 0 Å². The van der Waals surface area contributed by atoms with E-state index in [0.717, 1.165) is 18.9 Å². The van der Waals surface area contributed by atoms with Gasteiger partial charge in [0.2, 0.25) is 17.4 Å². The van der Waals surface area contributed by atoms with Gasteiger partial charge in [0.05, 0.1) is 0 Å². The maximum atomic E-state index is 13.5. The van der Waals surface area contributed by atoms with Crippen molar-refractivity contribution < 1.29 is 63.8 Å². The molecule has 0 aliphatic rings. The van der Waals surface area contributed by atoms with E-state index >= 15 is 0 Å². The van der Waals surface area contributed by atoms with Gasteiger partial charge in [0, 0.05) is 30.2 Å². The standard InChI is InChI=1S/C15H14F4N2O5S2.O.Tc/c16-6-3-7(17)13(19)14(12(6)18)26-11(24)2-1-8(20-9(22)4-27)15(25)21-10(23)5-28;;/h3,8H,1-2,4-5H2,(H4,20,21,22,23,25,27,28);;/q;;+4/p-4. The second kappa shape index (κ2) is 14.2. The van der Waals surface area contributed by atoms with E-state index in [4.69, 9.17) is 3.50 Å². The van der Waals surface area contributed by atoms with E-state index in [1.165, 1.54) is 0 Å². The van der Waals surface area contributed by atoms with E-state index in [9.17, 15) is 36.7 Å². The van der Waals surface area contributed by atoms with E-state index in [1.54, 1.807) is 0 Å². The van der Waals surface area contributed by atoms with Crippen LogP contribution in [0, 0.1) is 23.3 Å². The van der Waals surface area contributed by atoms with E-state index in [0.29, 0.717) is 0 Å². The Hall–Kier alpha value is -1.83. The SMILES string of the molecule is O=C(C[S-])[N-]C(=O)C(CCC(=O)Oc1c(F)c(F)cc(F)c1F)[N-]C(=O)C[S-].[O]=[Tc+4]. The molecule has 3 amide bonds. The Balaban J connectivity index is 0.00000407. The first kappa shape index (κ1) is 28.2. The predicted octanol–water partition coefficient (Wildman–Crippen LogP) is 1.60. The fourth-order valence-electron chi connectivity index (χ4n) is 1.74. The number of carbonyl (C=O) groups excluding carboxylic acids is 4. The minimum absolute atomic E-state index is 0.0757. The summed E-state index contributed by atoms with van der Waals surface area (Å²) in [6.07, 6.45) is -1.33. The van der Waals surface area contributed by atoms with Gasteiger partial charge in [-0.1, -0.05) is 12.5 Å². The molecule has 1 atom stereocenters. The van der Waals surface area contributed by atoms with Crippen LogP contribution in [0.3, 0.4) is 0 Å². The van der Waals surface area contributed by atoms with Crippen molar-refractivity contribution in [3.05, 3.63) is 40.0 Å². The molecule has 0 saturated carbocycles. The maximum absolute atomic E-state index is 13.5. The summed E-state index contributed by atoms with van der Waals surface area (Å²) < 4.78 is 65.6. The van der Waals surface area contributed by atoms with Gasteiger partial charge in [-0.15, -0.1) is 11.5 Å². The first-order valence-corrected chi connectivity index (χ1v) is 9.39. The normalized spacial score (nSPS) is 10.9. The van der Waals surface area contributed by atoms with Gasteiger partial charge in [-0.05, 0) is 0 Å². The number of amides is 3. The van der Waals surface area contributed by atoms with Crippen molar-refractivity contribution in [1.29, 1.82) is 0 Å². The van der Waals surface area contributed by atoms with E-state index in [2.05, 4.69) is 40.6 Å². The van der Waals surface area contributed by atoms with Crippen LogP contribution < -0.4 is 4.74 Å². The molecule has 0 aromatic heterocycles. The first-order valence-electron chi connectivity index (χ1n) is 7.48. The molecule has 0 spiro atoms. The molecular weight excluding hydrogens is 542 g/mol. The number of hydrogen-bond acceptors (Lipinski definition) is 8. The zero-order chi connectivity index (χ0) is 23.4. The number of rotatable bonds is 8. The van der Waals surface area contributed by atoms with Crippen LogP contribution in [-0.4, -0.2) is 41.2 Å². The van der Waals surface area contributed by atoms with Crippen molar-refractivity contribution in [2.45, 2.75) is 18.9 Å². The van der Waals surface area contributed by atoms with Gasteiger partial charge in [-0.2, -0.15) is 8.78 Å². The van der Waals surface area contributed by atoms with Gasteiger partial charge >= 0.3 is 28.3 Å². The first-order chi connectivity index (χ1) is 14.1. The summed E-state index contributed by atoms with van der Waals surface area (Å²) in [6, 6.07) is -1.68. The second-order valence-corrected chi connectivity index (χ2v) is 5.56. The van der Waals surface area contributed by atoms with Gasteiger partial charge in [0.15, 0.2) is 11.6 Å². The van der Waals surface area contributed by atoms with Crippen molar-refractivity contribution in [3.8, 4) is 5.75 Å². The van der Waals surface area contributed by atoms with Crippen LogP contribution in [0.2, 0.25) is 0 Å². The van der Waals surface area contributed by atoms with Crippen molar-refractivity contribution in [2.24, 2.45) is 0 Å². The third-order valence-corrected chi connectivity index (χ3v) is 3.47. The third-order valence-electron chi connectivity index (χ3n) is 2.98. The Morgan fingerprint density at radius 3 is 1.93 bits per heavy atom. The van der Waals surface area contributed by atoms with E-state index < -0.39 is 83.1 Å². The molecule has 0 fully saturated rings. The Morgan fingerprint density at radius 2 is 1.47 bits per heavy atom. The summed E-state index contributed by atoms with van der Waals surface area (Å²) >= 11 is 9.75. The van der Waals surface area contributed by atoms with Gasteiger partial charge in [-0.25, -0.2) is 8.78 Å². The van der Waals surface area contributed by atoms with Crippen LogP contribution in [0.1, 0.15) is 12.8 Å². The molecule has 0 N–H and O–H groups in total. The molecule has 8 nitrogen and oxygen atoms in total. The van der Waals surface area contributed by atoms with Crippen LogP contribution in [-0.2, 0) is 66.8 Å². The molecule has 0 aliphatic heterocycles. The minimum atomic E-state index is -1.93. The Labute approximate surface area is 188 Å². The van der Waals surface area contributed by atoms with E-state index in [1.807, 2.05) is 0 Å². The number of ether oxygens (including phenoxy) is 1. The fourth-order valence-corrected chi connectivity index (χ4v) is 1.88. The molecule has 0 heterocycles. The average molecular weight is 552 g/mol. The van der Waals surface area contributed by atoms with Gasteiger partial charge < -0.3 is 55.0 Å². The topological polar surface area (TPSA) is 123 Å². The van der Waals surface area contributed by atoms with Gasteiger partial charge in [0.25, 0.3) is 0 Å². The van der Waals surface area contributed by atoms with Crippen molar-refractivity contribution in [2.75, 3.05) is 11.5 Å². The van der Waals surface area contributed by atoms with E-state index in [-0.39, 0.29) is 6.07 Å². The van der Waals surface area contributed by atoms with Crippen molar-refractivity contribution >= 4 is 48.9 Å². The fraction of sp³-hybridized carbons (Fsp3) is 0.333. The predicted molar refractivity (Wildman–Crippen MR) is 91.8 cm³/mol. The molecule has 1 unspecified atom stereocenters. The second-order valence-electron chi connectivity index (χ2n) is 4.98. The average Bonchev–Trinajstić information content (AvgIpc) is 2.73. The molecule has 0 bridgehead atoms. The summed E-state index contributed by atoms with van der Waals surface area (Å²) in [5.41, 5.74) is 0. The van der Waals surface area contributed by atoms with Crippen LogP contribution in [0.5, 0.6) is 5.75 Å². The summed E-state index contributed by atoms with van der Waals surface area (Å²) in [6.45, 7) is 0. The molecule has 1 aromatic carbocycles. The van der Waals surface area contributed by atoms with Crippen molar-refractivity contribution in [1.82, 2.24) is 0 Å². The summed E-state index contributed by atoms with van der Waals surface area (Å²) in [7, 11) is 0. The summed E-state index contributed by atoms with van der Waals surface area (Å²) in [5.74, 6) is -14.5. The molecule has 1 rings (SSSR count). The molecule has 0 saturated heterocycles. The Morgan fingerprint density at radius 1 is 0.967 bits per heavy atom. The third kappa shape index (κ3) is 8.90. The van der Waals surface area contributed by atoms with Gasteiger partial charge in [-0.3, -0.25) is 4.79 Å². The molecule has 0 aliphatic carbocycles. The number of esters is 1. The zero-order valence-corrected chi connectivity index (χ0v) is 18.0. The molecule has 15 heteroatoms. The number of imide groups is 1. The Kier molecular flexibility index (Phi) is 13.4. The summed E-state index contributed by atoms with van der Waals surface area (Å²) in [4.78, 5) is 46.0. The Bertz CT molecular complexity index is 792. The number of halogens is 4. The number of benzene rings is 1. The number of nitrogens with zero attached hydrogens (tertiary/aromatic N) is 2. The summed E-state index contributed by atoms with van der Waals surface area (Å²) in [5, 5.41) is 6.44. The molecular formula is C15H10F4N2O6S2Tc. The molecule has 30 heavy (non-hydrogen) atoms. The molecule has 163 valence electrons. The van der Waals surface area contributed by atoms with Crippen LogP contribution in [0.15, 0.2) is 6.07 Å². The quantitative estimate of drug-likeness (QED) is 0.157. The molecule has 1 aromatic rings. The van der Waals surface area contributed by atoms with Crippen LogP contribution in [0.25, 0.3) is 10.6 Å². The zero-order valence-electron chi connectivity index (χ0n) is 14.5. The monoisotopic (exact) mass is 551 g/mol. The van der Waals surface area contributed by atoms with Crippen LogP contribution >= 0.6 is 0 Å². The number of hydrogen-bond donors (Lipinski definition) is 0. The number of carbonyl (C=O) groups is 4. The van der Waals surface area contributed by atoms with Gasteiger partial charge in [0.1, 0.15) is 0 Å². The van der Waals surface area contributed by atoms with Crippen LogP contribution in [0.4, 0.5) is 17.6 Å².